The Morgan fingerprint density at radius 3 is 2.44 bits per heavy atom. The molecule has 3 aliphatic rings. The Kier molecular flexibility index (Phi) is 4.23. The van der Waals surface area contributed by atoms with Crippen molar-refractivity contribution in [1.29, 1.82) is 0 Å². The van der Waals surface area contributed by atoms with E-state index in [2.05, 4.69) is 0 Å². The molecule has 1 saturated carbocycles. The van der Waals surface area contributed by atoms with Crippen molar-refractivity contribution in [3.05, 3.63) is 0 Å². The fourth-order valence-electron chi connectivity index (χ4n) is 4.11. The summed E-state index contributed by atoms with van der Waals surface area (Å²) in [7, 11) is 0. The zero-order chi connectivity index (χ0) is 18.6. The summed E-state index contributed by atoms with van der Waals surface area (Å²) in [5.74, 6) is -2.88. The van der Waals surface area contributed by atoms with Crippen molar-refractivity contribution in [2.45, 2.75) is 77.5 Å². The van der Waals surface area contributed by atoms with Crippen LogP contribution in [0.4, 0.5) is 0 Å². The molecule has 7 nitrogen and oxygen atoms in total. The summed E-state index contributed by atoms with van der Waals surface area (Å²) in [5.41, 5.74) is -2.32. The maximum Gasteiger partial charge on any atom is 0.321 e. The van der Waals surface area contributed by atoms with E-state index in [1.165, 1.54) is 0 Å². The average Bonchev–Trinajstić information content (AvgIpc) is 2.80. The van der Waals surface area contributed by atoms with Crippen LogP contribution in [0, 0.1) is 11.3 Å². The van der Waals surface area contributed by atoms with Crippen LogP contribution >= 0.6 is 0 Å². The number of hydrogen-bond acceptors (Lipinski definition) is 7. The molecule has 0 spiro atoms. The van der Waals surface area contributed by atoms with Crippen LogP contribution < -0.4 is 0 Å². The van der Waals surface area contributed by atoms with Crippen LogP contribution in [0.15, 0.2) is 0 Å². The normalized spacial score (nSPS) is 37.6. The predicted octanol–water partition coefficient (Wildman–Crippen LogP) is 1.76. The third kappa shape index (κ3) is 3.19. The molecule has 2 heterocycles. The Hall–Kier alpha value is -1.47. The second-order valence-electron chi connectivity index (χ2n) is 8.53. The van der Waals surface area contributed by atoms with Gasteiger partial charge in [-0.3, -0.25) is 14.4 Å². The van der Waals surface area contributed by atoms with Crippen LogP contribution in [0.5, 0.6) is 0 Å². The van der Waals surface area contributed by atoms with Gasteiger partial charge < -0.3 is 18.9 Å². The van der Waals surface area contributed by atoms with Crippen molar-refractivity contribution >= 4 is 17.7 Å². The zero-order valence-electron chi connectivity index (χ0n) is 15.4. The summed E-state index contributed by atoms with van der Waals surface area (Å²) in [6, 6.07) is 0. The van der Waals surface area contributed by atoms with Gasteiger partial charge in [-0.2, -0.15) is 0 Å². The Labute approximate surface area is 147 Å². The first-order valence-corrected chi connectivity index (χ1v) is 8.73. The molecule has 0 unspecified atom stereocenters. The summed E-state index contributed by atoms with van der Waals surface area (Å²) >= 11 is 0. The van der Waals surface area contributed by atoms with Crippen LogP contribution in [0.1, 0.15) is 53.9 Å². The molecule has 0 aromatic heterocycles. The minimum atomic E-state index is -1.56. The average molecular weight is 354 g/mol. The van der Waals surface area contributed by atoms with Crippen LogP contribution in [0.3, 0.4) is 0 Å². The summed E-state index contributed by atoms with van der Waals surface area (Å²) in [5, 5.41) is 0. The molecule has 3 fully saturated rings. The monoisotopic (exact) mass is 354 g/mol. The van der Waals surface area contributed by atoms with Crippen molar-refractivity contribution < 1.29 is 33.3 Å². The van der Waals surface area contributed by atoms with E-state index in [4.69, 9.17) is 18.9 Å². The van der Waals surface area contributed by atoms with Gasteiger partial charge in [0.15, 0.2) is 11.6 Å². The summed E-state index contributed by atoms with van der Waals surface area (Å²) < 4.78 is 22.6. The molecule has 2 saturated heterocycles. The van der Waals surface area contributed by atoms with Crippen molar-refractivity contribution in [2.75, 3.05) is 6.61 Å². The quantitative estimate of drug-likeness (QED) is 0.551. The van der Waals surface area contributed by atoms with E-state index in [9.17, 15) is 14.4 Å². The second kappa shape index (κ2) is 5.77. The second-order valence-corrected chi connectivity index (χ2v) is 8.53. The SMILES string of the molecule is CC(C)(C)OC(=O)[C@@]12CC(=O)O[C@@H](CCC1=O)[C@@H]2[C@H]1COC(C)(C)O1. The first kappa shape index (κ1) is 18.3. The number of carbonyl (C=O) groups is 3. The Morgan fingerprint density at radius 1 is 1.20 bits per heavy atom. The maximum atomic E-state index is 13.1. The third-order valence-corrected chi connectivity index (χ3v) is 5.02. The number of carbonyl (C=O) groups excluding carboxylic acids is 3. The maximum absolute atomic E-state index is 13.1. The standard InChI is InChI=1S/C18H26O7/c1-16(2,3)25-15(21)18-8-13(20)23-10(6-7-12(18)19)14(18)11-9-22-17(4,5)24-11/h10-11,14H,6-9H2,1-5H3/t10-,11+,14+,18-/m0/s1. The molecule has 4 atom stereocenters. The van der Waals surface area contributed by atoms with E-state index < -0.39 is 46.9 Å². The number of fused-ring (bicyclic) bond motifs is 2. The van der Waals surface area contributed by atoms with Crippen molar-refractivity contribution in [3.63, 3.8) is 0 Å². The number of rotatable bonds is 2. The molecule has 0 aromatic carbocycles. The lowest BCUT2D eigenvalue weighted by atomic mass is 9.59. The summed E-state index contributed by atoms with van der Waals surface area (Å²) in [6.45, 7) is 9.00. The van der Waals surface area contributed by atoms with Gasteiger partial charge in [0.1, 0.15) is 17.1 Å². The van der Waals surface area contributed by atoms with E-state index >= 15 is 0 Å². The highest BCUT2D eigenvalue weighted by Gasteiger charge is 2.66. The molecule has 2 bridgehead atoms. The Morgan fingerprint density at radius 2 is 1.88 bits per heavy atom. The summed E-state index contributed by atoms with van der Waals surface area (Å²) in [4.78, 5) is 38.1. The zero-order valence-corrected chi connectivity index (χ0v) is 15.4. The first-order chi connectivity index (χ1) is 11.4. The molecular weight excluding hydrogens is 328 g/mol. The molecule has 140 valence electrons. The van der Waals surface area contributed by atoms with Gasteiger partial charge in [-0.1, -0.05) is 0 Å². The molecule has 25 heavy (non-hydrogen) atoms. The predicted molar refractivity (Wildman–Crippen MR) is 85.4 cm³/mol. The highest BCUT2D eigenvalue weighted by atomic mass is 16.7. The van der Waals surface area contributed by atoms with Gasteiger partial charge in [0.05, 0.1) is 19.1 Å². The highest BCUT2D eigenvalue weighted by Crippen LogP contribution is 2.51. The van der Waals surface area contributed by atoms with Crippen molar-refractivity contribution in [3.8, 4) is 0 Å². The molecule has 7 heteroatoms. The van der Waals surface area contributed by atoms with E-state index in [-0.39, 0.29) is 25.2 Å². The number of ketones is 1. The minimum Gasteiger partial charge on any atom is -0.462 e. The van der Waals surface area contributed by atoms with Gasteiger partial charge in [-0.25, -0.2) is 0 Å². The molecule has 2 aliphatic heterocycles. The molecule has 3 rings (SSSR count). The van der Waals surface area contributed by atoms with Gasteiger partial charge in [0.25, 0.3) is 0 Å². The lowest BCUT2D eigenvalue weighted by Gasteiger charge is -2.49. The highest BCUT2D eigenvalue weighted by molar-refractivity contribution is 6.08. The van der Waals surface area contributed by atoms with E-state index in [0.29, 0.717) is 6.42 Å². The van der Waals surface area contributed by atoms with E-state index in [1.54, 1.807) is 34.6 Å². The van der Waals surface area contributed by atoms with Crippen LogP contribution in [-0.4, -0.2) is 47.9 Å². The van der Waals surface area contributed by atoms with Gasteiger partial charge in [0.2, 0.25) is 0 Å². The summed E-state index contributed by atoms with van der Waals surface area (Å²) in [6.07, 6.45) is -0.786. The van der Waals surface area contributed by atoms with Gasteiger partial charge >= 0.3 is 11.9 Å². The van der Waals surface area contributed by atoms with Crippen LogP contribution in [0.2, 0.25) is 0 Å². The topological polar surface area (TPSA) is 88.1 Å². The van der Waals surface area contributed by atoms with Crippen molar-refractivity contribution in [1.82, 2.24) is 0 Å². The number of ether oxygens (including phenoxy) is 4. The van der Waals surface area contributed by atoms with Gasteiger partial charge in [-0.05, 0) is 41.0 Å². The minimum absolute atomic E-state index is 0.185. The fraction of sp³-hybridized carbons (Fsp3) is 0.833. The number of hydrogen-bond donors (Lipinski definition) is 0. The third-order valence-electron chi connectivity index (χ3n) is 5.02. The fourth-order valence-corrected chi connectivity index (χ4v) is 4.11. The van der Waals surface area contributed by atoms with Crippen LogP contribution in [0.25, 0.3) is 0 Å². The first-order valence-electron chi connectivity index (χ1n) is 8.73. The van der Waals surface area contributed by atoms with Crippen molar-refractivity contribution in [2.24, 2.45) is 11.3 Å². The lowest BCUT2D eigenvalue weighted by molar-refractivity contribution is -0.216. The van der Waals surface area contributed by atoms with E-state index in [0.717, 1.165) is 0 Å². The molecule has 0 radical (unpaired) electrons. The molecule has 0 amide bonds. The molecule has 0 N–H and O–H groups in total. The Balaban J connectivity index is 2.02. The number of esters is 2. The molecular formula is C18H26O7. The molecule has 0 aromatic rings. The lowest BCUT2D eigenvalue weighted by Crippen LogP contribution is -2.63. The smallest absolute Gasteiger partial charge is 0.321 e. The van der Waals surface area contributed by atoms with E-state index in [1.807, 2.05) is 0 Å². The molecule has 1 aliphatic carbocycles. The van der Waals surface area contributed by atoms with Gasteiger partial charge in [-0.15, -0.1) is 0 Å². The largest absolute Gasteiger partial charge is 0.462 e. The number of Topliss-reactive ketones (excluding diaryl/α,β-unsaturated/α-hetero) is 1. The Bertz CT molecular complexity index is 603. The van der Waals surface area contributed by atoms with Gasteiger partial charge in [0, 0.05) is 12.3 Å². The van der Waals surface area contributed by atoms with Crippen LogP contribution in [-0.2, 0) is 33.3 Å².